The molecule has 0 spiro atoms. The van der Waals surface area contributed by atoms with E-state index in [0.717, 1.165) is 11.1 Å². The lowest BCUT2D eigenvalue weighted by Gasteiger charge is -2.14. The minimum absolute atomic E-state index is 0.000194. The zero-order chi connectivity index (χ0) is 23.6. The van der Waals surface area contributed by atoms with E-state index in [2.05, 4.69) is 15.9 Å². The largest absolute Gasteiger partial charge is 0.506 e. The highest BCUT2D eigenvalue weighted by Gasteiger charge is 2.29. The fraction of sp³-hybridized carbons (Fsp3) is 0. The Morgan fingerprint density at radius 2 is 1.18 bits per heavy atom. The van der Waals surface area contributed by atoms with E-state index in [9.17, 15) is 25.5 Å². The van der Waals surface area contributed by atoms with Gasteiger partial charge >= 0.3 is 0 Å². The highest BCUT2D eigenvalue weighted by Crippen LogP contribution is 2.50. The number of rotatable bonds is 2. The van der Waals surface area contributed by atoms with Gasteiger partial charge in [0.2, 0.25) is 0 Å². The Morgan fingerprint density at radius 1 is 0.606 bits per heavy atom. The number of benzene rings is 4. The maximum atomic E-state index is 11.0. The van der Waals surface area contributed by atoms with Crippen molar-refractivity contribution < 1.29 is 25.5 Å². The molecule has 0 aliphatic carbocycles. The number of aromatic hydroxyl groups is 5. The lowest BCUT2D eigenvalue weighted by molar-refractivity contribution is 0.406. The zero-order valence-corrected chi connectivity index (χ0v) is 18.5. The highest BCUT2D eigenvalue weighted by atomic mass is 79.9. The number of hydrogen-bond donors (Lipinski definition) is 5. The Bertz CT molecular complexity index is 1520. The average Bonchev–Trinajstić information content (AvgIpc) is 3.20. The van der Waals surface area contributed by atoms with Crippen LogP contribution in [0.15, 0.2) is 59.1 Å². The van der Waals surface area contributed by atoms with Gasteiger partial charge in [0, 0.05) is 5.69 Å². The minimum Gasteiger partial charge on any atom is -0.506 e. The molecule has 0 atom stereocenters. The van der Waals surface area contributed by atoms with E-state index in [-0.39, 0.29) is 37.5 Å². The molecule has 0 bridgehead atoms. The second-order valence-electron chi connectivity index (χ2n) is 7.58. The molecular weight excluding hydrogens is 484 g/mol. The molecule has 4 aromatic carbocycles. The molecule has 0 saturated carbocycles. The maximum Gasteiger partial charge on any atom is 0.167 e. The second kappa shape index (κ2) is 7.42. The fourth-order valence-electron chi connectivity index (χ4n) is 4.15. The van der Waals surface area contributed by atoms with Gasteiger partial charge in [-0.2, -0.15) is 0 Å². The summed E-state index contributed by atoms with van der Waals surface area (Å²) in [6, 6.07) is 16.8. The lowest BCUT2D eigenvalue weighted by Crippen LogP contribution is -2.08. The molecule has 0 fully saturated rings. The quantitative estimate of drug-likeness (QED) is 0.146. The minimum atomic E-state index is -0.746. The Morgan fingerprint density at radius 3 is 1.85 bits per heavy atom. The van der Waals surface area contributed by atoms with Gasteiger partial charge in [-0.15, -0.1) is 0 Å². The van der Waals surface area contributed by atoms with E-state index in [1.165, 1.54) is 4.57 Å². The first-order chi connectivity index (χ1) is 15.7. The summed E-state index contributed by atoms with van der Waals surface area (Å²) in [5.74, 6) is -2.72. The van der Waals surface area contributed by atoms with E-state index in [0.29, 0.717) is 5.69 Å². The average molecular weight is 498 g/mol. The molecule has 9 heteroatoms. The van der Waals surface area contributed by atoms with E-state index in [1.807, 2.05) is 42.5 Å². The smallest absolute Gasteiger partial charge is 0.167 e. The van der Waals surface area contributed by atoms with Gasteiger partial charge in [-0.3, -0.25) is 0 Å². The predicted molar refractivity (Wildman–Crippen MR) is 133 cm³/mol. The van der Waals surface area contributed by atoms with Crippen molar-refractivity contribution in [2.45, 2.75) is 0 Å². The third kappa shape index (κ3) is 2.89. The highest BCUT2D eigenvalue weighted by molar-refractivity contribution is 9.10. The normalized spacial score (nSPS) is 11.4. The Hall–Kier alpha value is -3.71. The zero-order valence-electron chi connectivity index (χ0n) is 16.9. The van der Waals surface area contributed by atoms with Gasteiger partial charge < -0.3 is 30.1 Å². The van der Waals surface area contributed by atoms with Crippen molar-refractivity contribution in [1.29, 1.82) is 0 Å². The number of fused-ring (bicyclic) bond motifs is 3. The van der Waals surface area contributed by atoms with Crippen molar-refractivity contribution in [3.8, 4) is 45.6 Å². The molecule has 1 heterocycles. The van der Waals surface area contributed by atoms with Crippen molar-refractivity contribution in [3.63, 3.8) is 0 Å². The summed E-state index contributed by atoms with van der Waals surface area (Å²) in [7, 11) is 11.8. The van der Waals surface area contributed by atoms with Crippen LogP contribution < -0.4 is 10.9 Å². The maximum absolute atomic E-state index is 11.0. The van der Waals surface area contributed by atoms with Gasteiger partial charge in [-0.05, 0) is 50.1 Å². The van der Waals surface area contributed by atoms with Crippen molar-refractivity contribution in [2.24, 2.45) is 0 Å². The van der Waals surface area contributed by atoms with Gasteiger partial charge in [-0.25, -0.2) is 0 Å². The fourth-order valence-corrected chi connectivity index (χ4v) is 4.54. The van der Waals surface area contributed by atoms with Gasteiger partial charge in [-0.1, -0.05) is 42.5 Å². The van der Waals surface area contributed by atoms with Crippen LogP contribution in [0.25, 0.3) is 38.6 Å². The predicted octanol–water partition coefficient (Wildman–Crippen LogP) is 3.33. The molecule has 5 N–H and O–H groups in total. The Kier molecular flexibility index (Phi) is 4.76. The number of aromatic nitrogens is 1. The third-order valence-electron chi connectivity index (χ3n) is 5.74. The molecular formula is C24H14B2BrNO5. The van der Waals surface area contributed by atoms with Gasteiger partial charge in [0.15, 0.2) is 11.5 Å². The Labute approximate surface area is 198 Å². The van der Waals surface area contributed by atoms with Crippen LogP contribution in [0, 0.1) is 0 Å². The van der Waals surface area contributed by atoms with Gasteiger partial charge in [0.25, 0.3) is 0 Å². The first-order valence-corrected chi connectivity index (χ1v) is 10.6. The lowest BCUT2D eigenvalue weighted by atomic mass is 9.90. The SMILES string of the molecule is [B]c1c(O)c(O)c2c3c(O)c(Br)c([B])c(O)c3n(-c3cccc(-c4ccccc4)c3)c2c1O. The first kappa shape index (κ1) is 21.2. The van der Waals surface area contributed by atoms with E-state index in [4.69, 9.17) is 15.7 Å². The van der Waals surface area contributed by atoms with Crippen molar-refractivity contribution in [3.05, 3.63) is 59.1 Å². The molecule has 0 saturated heterocycles. The van der Waals surface area contributed by atoms with Crippen molar-refractivity contribution >= 4 is 64.4 Å². The molecule has 1 aromatic heterocycles. The number of halogens is 1. The standard InChI is InChI=1S/C24H14B2BrNO5/c25-15-17(27)20(29)13-14-19(23(32)16(26)24(33)21(14)30)28(18(13)22(15)31)12-8-4-7-11(9-12)10-5-2-1-3-6-10/h1-9,29-33H. The summed E-state index contributed by atoms with van der Waals surface area (Å²) >= 11 is 3.15. The second-order valence-corrected chi connectivity index (χ2v) is 8.38. The first-order valence-electron chi connectivity index (χ1n) is 9.79. The van der Waals surface area contributed by atoms with Crippen molar-refractivity contribution in [1.82, 2.24) is 4.57 Å². The van der Waals surface area contributed by atoms with E-state index >= 15 is 0 Å². The summed E-state index contributed by atoms with van der Waals surface area (Å²) in [6.45, 7) is 0. The number of phenols is 5. The molecule has 5 rings (SSSR count). The van der Waals surface area contributed by atoms with Gasteiger partial charge in [0.05, 0.1) is 26.3 Å². The van der Waals surface area contributed by atoms with Crippen LogP contribution in [0.1, 0.15) is 0 Å². The van der Waals surface area contributed by atoms with Crippen LogP contribution in [-0.4, -0.2) is 45.8 Å². The molecule has 0 amide bonds. The van der Waals surface area contributed by atoms with Crippen LogP contribution in [0.3, 0.4) is 0 Å². The monoisotopic (exact) mass is 497 g/mol. The molecule has 33 heavy (non-hydrogen) atoms. The summed E-state index contributed by atoms with van der Waals surface area (Å²) in [6.07, 6.45) is 0. The topological polar surface area (TPSA) is 106 Å². The molecule has 0 unspecified atom stereocenters. The van der Waals surface area contributed by atoms with Crippen LogP contribution in [0.5, 0.6) is 28.7 Å². The van der Waals surface area contributed by atoms with E-state index < -0.39 is 28.5 Å². The Balaban J connectivity index is 2.02. The number of nitrogens with zero attached hydrogens (tertiary/aromatic N) is 1. The van der Waals surface area contributed by atoms with Crippen LogP contribution >= 0.6 is 15.9 Å². The summed E-state index contributed by atoms with van der Waals surface area (Å²) in [5, 5.41) is 53.6. The van der Waals surface area contributed by atoms with Crippen molar-refractivity contribution in [2.75, 3.05) is 0 Å². The third-order valence-corrected chi connectivity index (χ3v) is 6.54. The van der Waals surface area contributed by atoms with Gasteiger partial charge in [0.1, 0.15) is 32.9 Å². The molecule has 6 nitrogen and oxygen atoms in total. The molecule has 4 radical (unpaired) electrons. The molecule has 5 aromatic rings. The molecule has 158 valence electrons. The molecule has 0 aliphatic rings. The van der Waals surface area contributed by atoms with E-state index in [1.54, 1.807) is 12.1 Å². The van der Waals surface area contributed by atoms with Crippen LogP contribution in [0.4, 0.5) is 0 Å². The summed E-state index contributed by atoms with van der Waals surface area (Å²) in [4.78, 5) is 0. The summed E-state index contributed by atoms with van der Waals surface area (Å²) in [5.41, 5.74) is 1.66. The summed E-state index contributed by atoms with van der Waals surface area (Å²) < 4.78 is 1.43. The number of phenolic OH excluding ortho intramolecular Hbond substituents is 5. The van der Waals surface area contributed by atoms with Crippen LogP contribution in [-0.2, 0) is 0 Å². The molecule has 0 aliphatic heterocycles. The number of hydrogen-bond acceptors (Lipinski definition) is 5. The van der Waals surface area contributed by atoms with Crippen LogP contribution in [0.2, 0.25) is 0 Å².